The summed E-state index contributed by atoms with van der Waals surface area (Å²) in [4.78, 5) is 24.9. The summed E-state index contributed by atoms with van der Waals surface area (Å²) in [6.07, 6.45) is 1.76. The van der Waals surface area contributed by atoms with Crippen LogP contribution in [-0.2, 0) is 14.3 Å². The summed E-state index contributed by atoms with van der Waals surface area (Å²) in [7, 11) is 0. The fourth-order valence-electron chi connectivity index (χ4n) is 2.40. The van der Waals surface area contributed by atoms with E-state index in [1.54, 1.807) is 6.92 Å². The van der Waals surface area contributed by atoms with Gasteiger partial charge in [0.25, 0.3) is 0 Å². The van der Waals surface area contributed by atoms with Crippen LogP contribution in [0.5, 0.6) is 0 Å². The molecule has 112 valence electrons. The summed E-state index contributed by atoms with van der Waals surface area (Å²) in [5.41, 5.74) is -0.446. The topological polar surface area (TPSA) is 46.6 Å². The van der Waals surface area contributed by atoms with Crippen molar-refractivity contribution in [2.75, 3.05) is 19.7 Å². The van der Waals surface area contributed by atoms with Crippen LogP contribution in [0, 0.1) is 11.3 Å². The van der Waals surface area contributed by atoms with Crippen molar-refractivity contribution in [2.45, 2.75) is 54.4 Å². The Hall–Kier alpha value is -1.06. The van der Waals surface area contributed by atoms with Crippen LogP contribution in [0.2, 0.25) is 0 Å². The van der Waals surface area contributed by atoms with E-state index in [0.29, 0.717) is 12.5 Å². The van der Waals surface area contributed by atoms with Crippen molar-refractivity contribution < 1.29 is 14.3 Å². The number of hydrogen-bond acceptors (Lipinski definition) is 3. The Labute approximate surface area is 117 Å². The third kappa shape index (κ3) is 4.84. The number of carbonyl (C=O) groups excluding carboxylic acids is 2. The largest absolute Gasteiger partial charge is 0.466 e. The molecule has 4 nitrogen and oxygen atoms in total. The molecular weight excluding hydrogens is 242 g/mol. The van der Waals surface area contributed by atoms with Crippen molar-refractivity contribution in [3.8, 4) is 0 Å². The second-order valence-electron chi connectivity index (χ2n) is 5.22. The summed E-state index contributed by atoms with van der Waals surface area (Å²) >= 11 is 0. The lowest BCUT2D eigenvalue weighted by Crippen LogP contribution is -2.44. The van der Waals surface area contributed by atoms with Gasteiger partial charge in [0.1, 0.15) is 0 Å². The molecule has 0 bridgehead atoms. The molecular formula is C15H29NO3. The number of hydrogen-bond donors (Lipinski definition) is 0. The molecule has 1 aliphatic rings. The zero-order valence-corrected chi connectivity index (χ0v) is 13.3. The number of likely N-dealkylation sites (tertiary alicyclic amines) is 1. The Kier molecular flexibility index (Phi) is 7.72. The SMILES string of the molecule is CC.CCOC(=O)C(C)(C)C1CCN(C(C)=O)CC1. The first-order chi connectivity index (χ1) is 8.89. The van der Waals surface area contributed by atoms with Crippen LogP contribution in [0.4, 0.5) is 0 Å². The number of piperidine rings is 1. The Morgan fingerprint density at radius 3 is 2.05 bits per heavy atom. The fraction of sp³-hybridized carbons (Fsp3) is 0.867. The van der Waals surface area contributed by atoms with Gasteiger partial charge in [-0.2, -0.15) is 0 Å². The number of carbonyl (C=O) groups is 2. The van der Waals surface area contributed by atoms with Crippen LogP contribution in [0.1, 0.15) is 54.4 Å². The number of esters is 1. The van der Waals surface area contributed by atoms with E-state index in [1.807, 2.05) is 39.5 Å². The molecule has 0 saturated carbocycles. The van der Waals surface area contributed by atoms with Crippen molar-refractivity contribution in [1.29, 1.82) is 0 Å². The highest BCUT2D eigenvalue weighted by Crippen LogP contribution is 2.36. The third-order valence-electron chi connectivity index (χ3n) is 3.76. The first-order valence-corrected chi connectivity index (χ1v) is 7.32. The lowest BCUT2D eigenvalue weighted by Gasteiger charge is -2.38. The predicted molar refractivity (Wildman–Crippen MR) is 76.7 cm³/mol. The van der Waals surface area contributed by atoms with E-state index in [1.165, 1.54) is 0 Å². The lowest BCUT2D eigenvalue weighted by molar-refractivity contribution is -0.158. The molecule has 0 radical (unpaired) electrons. The molecule has 1 rings (SSSR count). The third-order valence-corrected chi connectivity index (χ3v) is 3.76. The van der Waals surface area contributed by atoms with Gasteiger partial charge >= 0.3 is 5.97 Å². The van der Waals surface area contributed by atoms with Crippen molar-refractivity contribution in [2.24, 2.45) is 11.3 Å². The molecule has 19 heavy (non-hydrogen) atoms. The summed E-state index contributed by atoms with van der Waals surface area (Å²) < 4.78 is 5.11. The average molecular weight is 271 g/mol. The normalized spacial score (nSPS) is 16.4. The van der Waals surface area contributed by atoms with Crippen LogP contribution in [0.15, 0.2) is 0 Å². The highest BCUT2D eigenvalue weighted by atomic mass is 16.5. The van der Waals surface area contributed by atoms with Crippen LogP contribution < -0.4 is 0 Å². The molecule has 1 aliphatic heterocycles. The molecule has 1 fully saturated rings. The highest BCUT2D eigenvalue weighted by molar-refractivity contribution is 5.76. The first-order valence-electron chi connectivity index (χ1n) is 7.32. The predicted octanol–water partition coefficient (Wildman–Crippen LogP) is 2.86. The van der Waals surface area contributed by atoms with E-state index in [4.69, 9.17) is 4.74 Å². The Bertz CT molecular complexity index is 292. The van der Waals surface area contributed by atoms with Gasteiger partial charge in [-0.25, -0.2) is 0 Å². The molecule has 1 amide bonds. The molecule has 0 spiro atoms. The summed E-state index contributed by atoms with van der Waals surface area (Å²) in [5, 5.41) is 0. The van der Waals surface area contributed by atoms with Gasteiger partial charge in [0.15, 0.2) is 0 Å². The van der Waals surface area contributed by atoms with Crippen molar-refractivity contribution in [3.63, 3.8) is 0 Å². The summed E-state index contributed by atoms with van der Waals surface area (Å²) in [6, 6.07) is 0. The zero-order chi connectivity index (χ0) is 15.1. The standard InChI is InChI=1S/C13H23NO3.C2H6/c1-5-17-12(16)13(3,4)11-6-8-14(9-7-11)10(2)15;1-2/h11H,5-9H2,1-4H3;1-2H3. The maximum Gasteiger partial charge on any atom is 0.311 e. The lowest BCUT2D eigenvalue weighted by atomic mass is 9.73. The molecule has 0 unspecified atom stereocenters. The number of amides is 1. The van der Waals surface area contributed by atoms with Gasteiger partial charge in [-0.3, -0.25) is 9.59 Å². The molecule has 0 atom stereocenters. The summed E-state index contributed by atoms with van der Waals surface area (Å²) in [6.45, 7) is 13.2. The van der Waals surface area contributed by atoms with Crippen molar-refractivity contribution in [1.82, 2.24) is 4.90 Å². The minimum absolute atomic E-state index is 0.123. The second-order valence-corrected chi connectivity index (χ2v) is 5.22. The van der Waals surface area contributed by atoms with E-state index in [-0.39, 0.29) is 11.9 Å². The van der Waals surface area contributed by atoms with Crippen molar-refractivity contribution >= 4 is 11.9 Å². The van der Waals surface area contributed by atoms with Gasteiger partial charge in [-0.15, -0.1) is 0 Å². The number of nitrogens with zero attached hydrogens (tertiary/aromatic N) is 1. The molecule has 1 heterocycles. The second kappa shape index (κ2) is 8.18. The van der Waals surface area contributed by atoms with E-state index in [9.17, 15) is 9.59 Å². The van der Waals surface area contributed by atoms with Crippen LogP contribution in [-0.4, -0.2) is 36.5 Å². The van der Waals surface area contributed by atoms with Crippen LogP contribution >= 0.6 is 0 Å². The van der Waals surface area contributed by atoms with Gasteiger partial charge in [0, 0.05) is 20.0 Å². The van der Waals surface area contributed by atoms with Gasteiger partial charge in [-0.1, -0.05) is 13.8 Å². The Morgan fingerprint density at radius 2 is 1.68 bits per heavy atom. The summed E-state index contributed by atoms with van der Waals surface area (Å²) in [5.74, 6) is 0.302. The molecule has 4 heteroatoms. The van der Waals surface area contributed by atoms with Gasteiger partial charge in [0.2, 0.25) is 5.91 Å². The average Bonchev–Trinajstić information content (AvgIpc) is 2.41. The molecule has 0 aromatic carbocycles. The number of ether oxygens (including phenoxy) is 1. The van der Waals surface area contributed by atoms with Gasteiger partial charge in [-0.05, 0) is 39.5 Å². The van der Waals surface area contributed by atoms with E-state index >= 15 is 0 Å². The van der Waals surface area contributed by atoms with E-state index in [2.05, 4.69) is 0 Å². The van der Waals surface area contributed by atoms with E-state index < -0.39 is 5.41 Å². The quantitative estimate of drug-likeness (QED) is 0.742. The minimum atomic E-state index is -0.446. The highest BCUT2D eigenvalue weighted by Gasteiger charge is 2.39. The Morgan fingerprint density at radius 1 is 1.21 bits per heavy atom. The van der Waals surface area contributed by atoms with Crippen molar-refractivity contribution in [3.05, 3.63) is 0 Å². The maximum absolute atomic E-state index is 11.9. The monoisotopic (exact) mass is 271 g/mol. The van der Waals surface area contributed by atoms with Crippen LogP contribution in [0.25, 0.3) is 0 Å². The number of rotatable bonds is 3. The van der Waals surface area contributed by atoms with E-state index in [0.717, 1.165) is 25.9 Å². The molecule has 0 aromatic heterocycles. The zero-order valence-electron chi connectivity index (χ0n) is 13.3. The smallest absolute Gasteiger partial charge is 0.311 e. The molecule has 0 N–H and O–H groups in total. The van der Waals surface area contributed by atoms with Gasteiger partial charge < -0.3 is 9.64 Å². The molecule has 0 aliphatic carbocycles. The first kappa shape index (κ1) is 17.9. The fourth-order valence-corrected chi connectivity index (χ4v) is 2.40. The van der Waals surface area contributed by atoms with Gasteiger partial charge in [0.05, 0.1) is 12.0 Å². The maximum atomic E-state index is 11.9. The Balaban J connectivity index is 0.00000154. The van der Waals surface area contributed by atoms with Crippen LogP contribution in [0.3, 0.4) is 0 Å². The minimum Gasteiger partial charge on any atom is -0.466 e. The molecule has 1 saturated heterocycles. The molecule has 0 aromatic rings.